The second-order valence-electron chi connectivity index (χ2n) is 3.67. The van der Waals surface area contributed by atoms with Crippen LogP contribution in [0, 0.1) is 5.82 Å². The van der Waals surface area contributed by atoms with Gasteiger partial charge in [0.25, 0.3) is 0 Å². The molecule has 0 bridgehead atoms. The van der Waals surface area contributed by atoms with E-state index in [2.05, 4.69) is 5.32 Å². The Labute approximate surface area is 96.5 Å². The highest BCUT2D eigenvalue weighted by Crippen LogP contribution is 2.29. The van der Waals surface area contributed by atoms with E-state index < -0.39 is 10.8 Å². The van der Waals surface area contributed by atoms with Crippen LogP contribution in [0.5, 0.6) is 5.75 Å². The molecule has 1 aliphatic rings. The van der Waals surface area contributed by atoms with Gasteiger partial charge in [-0.15, -0.1) is 0 Å². The molecule has 2 unspecified atom stereocenters. The highest BCUT2D eigenvalue weighted by molar-refractivity contribution is 7.85. The SMILES string of the molecule is COc1cccc(F)c1C1CS(=O)CCN1. The van der Waals surface area contributed by atoms with Crippen LogP contribution in [0.15, 0.2) is 18.2 Å². The molecule has 1 aliphatic heterocycles. The maximum Gasteiger partial charge on any atom is 0.131 e. The number of nitrogens with one attached hydrogen (secondary N) is 1. The second kappa shape index (κ2) is 4.93. The molecule has 1 aromatic carbocycles. The van der Waals surface area contributed by atoms with Gasteiger partial charge in [0.15, 0.2) is 0 Å². The summed E-state index contributed by atoms with van der Waals surface area (Å²) >= 11 is 0. The summed E-state index contributed by atoms with van der Waals surface area (Å²) in [4.78, 5) is 0. The van der Waals surface area contributed by atoms with Crippen molar-refractivity contribution in [3.8, 4) is 5.75 Å². The van der Waals surface area contributed by atoms with Crippen LogP contribution in [0.25, 0.3) is 0 Å². The van der Waals surface area contributed by atoms with Gasteiger partial charge in [0.1, 0.15) is 11.6 Å². The lowest BCUT2D eigenvalue weighted by atomic mass is 10.1. The van der Waals surface area contributed by atoms with Crippen LogP contribution in [0.3, 0.4) is 0 Å². The van der Waals surface area contributed by atoms with Gasteiger partial charge in [-0.05, 0) is 12.1 Å². The number of benzene rings is 1. The minimum Gasteiger partial charge on any atom is -0.496 e. The van der Waals surface area contributed by atoms with Crippen molar-refractivity contribution in [3.63, 3.8) is 0 Å². The third-order valence-corrected chi connectivity index (χ3v) is 4.02. The van der Waals surface area contributed by atoms with Crippen LogP contribution in [-0.4, -0.2) is 29.4 Å². The molecule has 5 heteroatoms. The number of rotatable bonds is 2. The summed E-state index contributed by atoms with van der Waals surface area (Å²) < 4.78 is 30.3. The predicted molar refractivity (Wildman–Crippen MR) is 61.6 cm³/mol. The predicted octanol–water partition coefficient (Wildman–Crippen LogP) is 1.23. The van der Waals surface area contributed by atoms with E-state index >= 15 is 0 Å². The lowest BCUT2D eigenvalue weighted by molar-refractivity contribution is 0.394. The molecule has 1 aromatic rings. The highest BCUT2D eigenvalue weighted by Gasteiger charge is 2.25. The molecule has 0 radical (unpaired) electrons. The van der Waals surface area contributed by atoms with Crippen LogP contribution in [0.4, 0.5) is 4.39 Å². The van der Waals surface area contributed by atoms with Crippen LogP contribution in [0.1, 0.15) is 11.6 Å². The van der Waals surface area contributed by atoms with Gasteiger partial charge in [-0.3, -0.25) is 4.21 Å². The quantitative estimate of drug-likeness (QED) is 0.849. The van der Waals surface area contributed by atoms with Crippen LogP contribution >= 0.6 is 0 Å². The van der Waals surface area contributed by atoms with E-state index in [9.17, 15) is 8.60 Å². The fraction of sp³-hybridized carbons (Fsp3) is 0.455. The minimum atomic E-state index is -0.874. The standard InChI is InChI=1S/C11H14FNO2S/c1-15-10-4-2-3-8(12)11(10)9-7-16(14)6-5-13-9/h2-4,9,13H,5-7H2,1H3. The van der Waals surface area contributed by atoms with Crippen molar-refractivity contribution in [1.29, 1.82) is 0 Å². The van der Waals surface area contributed by atoms with Crippen molar-refractivity contribution in [2.45, 2.75) is 6.04 Å². The maximum absolute atomic E-state index is 13.7. The first-order valence-electron chi connectivity index (χ1n) is 5.13. The molecule has 2 atom stereocenters. The van der Waals surface area contributed by atoms with E-state index in [4.69, 9.17) is 4.74 Å². The lowest BCUT2D eigenvalue weighted by Gasteiger charge is -2.25. The Morgan fingerprint density at radius 2 is 2.38 bits per heavy atom. The van der Waals surface area contributed by atoms with Gasteiger partial charge in [-0.1, -0.05) is 6.07 Å². The van der Waals surface area contributed by atoms with E-state index in [1.54, 1.807) is 12.1 Å². The Morgan fingerprint density at radius 3 is 3.06 bits per heavy atom. The zero-order valence-electron chi connectivity index (χ0n) is 9.03. The van der Waals surface area contributed by atoms with Crippen molar-refractivity contribution < 1.29 is 13.3 Å². The van der Waals surface area contributed by atoms with E-state index in [1.165, 1.54) is 13.2 Å². The average molecular weight is 243 g/mol. The summed E-state index contributed by atoms with van der Waals surface area (Å²) in [5, 5.41) is 3.17. The minimum absolute atomic E-state index is 0.217. The first-order valence-corrected chi connectivity index (χ1v) is 6.62. The molecule has 1 fully saturated rings. The number of hydrogen-bond acceptors (Lipinski definition) is 3. The van der Waals surface area contributed by atoms with Gasteiger partial charge < -0.3 is 10.1 Å². The Morgan fingerprint density at radius 1 is 1.56 bits per heavy atom. The summed E-state index contributed by atoms with van der Waals surface area (Å²) in [7, 11) is 0.638. The zero-order valence-corrected chi connectivity index (χ0v) is 9.85. The molecule has 2 rings (SSSR count). The van der Waals surface area contributed by atoms with Crippen molar-refractivity contribution in [2.24, 2.45) is 0 Å². The molecule has 0 aliphatic carbocycles. The third kappa shape index (κ3) is 2.25. The fourth-order valence-corrected chi connectivity index (χ4v) is 3.06. The van der Waals surface area contributed by atoms with Crippen LogP contribution in [0.2, 0.25) is 0 Å². The van der Waals surface area contributed by atoms with E-state index in [0.717, 1.165) is 0 Å². The normalized spacial score (nSPS) is 25.4. The Kier molecular flexibility index (Phi) is 3.56. The monoisotopic (exact) mass is 243 g/mol. The van der Waals surface area contributed by atoms with Gasteiger partial charge in [0.05, 0.1) is 13.2 Å². The van der Waals surface area contributed by atoms with E-state index in [1.807, 2.05) is 0 Å². The molecule has 3 nitrogen and oxygen atoms in total. The molecule has 0 amide bonds. The molecule has 0 saturated carbocycles. The summed E-state index contributed by atoms with van der Waals surface area (Å²) in [6, 6.07) is 4.51. The summed E-state index contributed by atoms with van der Waals surface area (Å²) in [6.07, 6.45) is 0. The molecule has 0 spiro atoms. The molecule has 1 heterocycles. The summed E-state index contributed by atoms with van der Waals surface area (Å²) in [5.41, 5.74) is 0.484. The van der Waals surface area contributed by atoms with Crippen LogP contribution in [-0.2, 0) is 10.8 Å². The molecule has 88 valence electrons. The lowest BCUT2D eigenvalue weighted by Crippen LogP contribution is -2.36. The molecular formula is C11H14FNO2S. The van der Waals surface area contributed by atoms with Crippen LogP contribution < -0.4 is 10.1 Å². The largest absolute Gasteiger partial charge is 0.496 e. The smallest absolute Gasteiger partial charge is 0.131 e. The Bertz CT molecular complexity index is 411. The topological polar surface area (TPSA) is 38.3 Å². The number of methoxy groups -OCH3 is 1. The van der Waals surface area contributed by atoms with Gasteiger partial charge in [-0.2, -0.15) is 0 Å². The fourth-order valence-electron chi connectivity index (χ4n) is 1.89. The molecular weight excluding hydrogens is 229 g/mol. The third-order valence-electron chi connectivity index (χ3n) is 2.65. The molecule has 1 N–H and O–H groups in total. The first-order chi connectivity index (χ1) is 7.72. The number of halogens is 1. The summed E-state index contributed by atoms with van der Waals surface area (Å²) in [6.45, 7) is 0.648. The molecule has 16 heavy (non-hydrogen) atoms. The highest BCUT2D eigenvalue weighted by atomic mass is 32.2. The van der Waals surface area contributed by atoms with Crippen molar-refractivity contribution in [2.75, 3.05) is 25.2 Å². The van der Waals surface area contributed by atoms with E-state index in [0.29, 0.717) is 29.4 Å². The molecule has 1 saturated heterocycles. The van der Waals surface area contributed by atoms with Gasteiger partial charge in [-0.25, -0.2) is 4.39 Å². The van der Waals surface area contributed by atoms with Gasteiger partial charge >= 0.3 is 0 Å². The Hall–Kier alpha value is -0.940. The Balaban J connectivity index is 2.34. The first kappa shape index (κ1) is 11.5. The molecule has 0 aromatic heterocycles. The maximum atomic E-state index is 13.7. The second-order valence-corrected chi connectivity index (χ2v) is 5.29. The number of hydrogen-bond donors (Lipinski definition) is 1. The van der Waals surface area contributed by atoms with E-state index in [-0.39, 0.29) is 11.9 Å². The van der Waals surface area contributed by atoms with Crippen molar-refractivity contribution >= 4 is 10.8 Å². The average Bonchev–Trinajstić information content (AvgIpc) is 2.28. The van der Waals surface area contributed by atoms with Crippen molar-refractivity contribution in [1.82, 2.24) is 5.32 Å². The zero-order chi connectivity index (χ0) is 11.5. The number of ether oxygens (including phenoxy) is 1. The van der Waals surface area contributed by atoms with Crippen molar-refractivity contribution in [3.05, 3.63) is 29.6 Å². The summed E-state index contributed by atoms with van der Waals surface area (Å²) in [5.74, 6) is 1.28. The van der Waals surface area contributed by atoms with Gasteiger partial charge in [0.2, 0.25) is 0 Å². The van der Waals surface area contributed by atoms with Gasteiger partial charge in [0, 0.05) is 34.4 Å².